The Morgan fingerprint density at radius 2 is 2.43 bits per heavy atom. The van der Waals surface area contributed by atoms with Gasteiger partial charge in [0.05, 0.1) is 12.8 Å². The lowest BCUT2D eigenvalue weighted by molar-refractivity contribution is 0.0899. The van der Waals surface area contributed by atoms with Crippen LogP contribution in [-0.4, -0.2) is 24.0 Å². The Labute approximate surface area is 80.9 Å². The van der Waals surface area contributed by atoms with Gasteiger partial charge in [0.25, 0.3) is 0 Å². The van der Waals surface area contributed by atoms with Gasteiger partial charge in [-0.05, 0) is 12.5 Å². The van der Waals surface area contributed by atoms with Crippen molar-refractivity contribution in [2.75, 3.05) is 13.2 Å². The summed E-state index contributed by atoms with van der Waals surface area (Å²) >= 11 is 0. The van der Waals surface area contributed by atoms with Crippen molar-refractivity contribution in [2.45, 2.75) is 6.42 Å². The fourth-order valence-electron chi connectivity index (χ4n) is 1.52. The van der Waals surface area contributed by atoms with Crippen molar-refractivity contribution in [2.24, 2.45) is 5.92 Å². The molecular formula is C10H10FNO2. The van der Waals surface area contributed by atoms with E-state index in [0.29, 0.717) is 18.8 Å². The van der Waals surface area contributed by atoms with Gasteiger partial charge in [-0.2, -0.15) is 0 Å². The number of pyridine rings is 1. The molecule has 1 unspecified atom stereocenters. The van der Waals surface area contributed by atoms with Crippen LogP contribution in [0.2, 0.25) is 0 Å². The molecule has 0 saturated carbocycles. The van der Waals surface area contributed by atoms with Crippen LogP contribution in [0.3, 0.4) is 0 Å². The zero-order valence-corrected chi connectivity index (χ0v) is 7.57. The third-order valence-corrected chi connectivity index (χ3v) is 2.29. The third-order valence-electron chi connectivity index (χ3n) is 2.29. The van der Waals surface area contributed by atoms with E-state index >= 15 is 0 Å². The van der Waals surface area contributed by atoms with Gasteiger partial charge in [0.2, 0.25) is 0 Å². The summed E-state index contributed by atoms with van der Waals surface area (Å²) in [6, 6.07) is 1.22. The number of hydrogen-bond donors (Lipinski definition) is 0. The first kappa shape index (κ1) is 9.27. The zero-order valence-electron chi connectivity index (χ0n) is 7.57. The highest BCUT2D eigenvalue weighted by molar-refractivity contribution is 5.97. The maximum Gasteiger partial charge on any atom is 0.169 e. The Kier molecular flexibility index (Phi) is 2.54. The number of carbonyl (C=O) groups is 1. The van der Waals surface area contributed by atoms with Crippen LogP contribution in [0.1, 0.15) is 16.8 Å². The molecule has 74 valence electrons. The number of ketones is 1. The molecule has 3 nitrogen and oxygen atoms in total. The van der Waals surface area contributed by atoms with Crippen LogP contribution in [0.15, 0.2) is 18.5 Å². The maximum atomic E-state index is 12.8. The summed E-state index contributed by atoms with van der Waals surface area (Å²) in [5.74, 6) is -0.678. The predicted octanol–water partition coefficient (Wildman–Crippen LogP) is 1.44. The minimum Gasteiger partial charge on any atom is -0.381 e. The fourth-order valence-corrected chi connectivity index (χ4v) is 1.52. The smallest absolute Gasteiger partial charge is 0.169 e. The molecule has 4 heteroatoms. The number of halogens is 1. The molecular weight excluding hydrogens is 185 g/mol. The number of Topliss-reactive ketones (excluding diaryl/α,β-unsaturated/α-hetero) is 1. The largest absolute Gasteiger partial charge is 0.381 e. The third kappa shape index (κ3) is 1.80. The first-order valence-corrected chi connectivity index (χ1v) is 4.50. The quantitative estimate of drug-likeness (QED) is 0.670. The second-order valence-electron chi connectivity index (χ2n) is 3.32. The molecule has 1 aromatic heterocycles. The average molecular weight is 195 g/mol. The van der Waals surface area contributed by atoms with Crippen LogP contribution in [-0.2, 0) is 4.74 Å². The van der Waals surface area contributed by atoms with Crippen LogP contribution in [0, 0.1) is 11.7 Å². The minimum absolute atomic E-state index is 0.0745. The van der Waals surface area contributed by atoms with Crippen molar-refractivity contribution < 1.29 is 13.9 Å². The molecule has 1 saturated heterocycles. The first-order valence-electron chi connectivity index (χ1n) is 4.50. The summed E-state index contributed by atoms with van der Waals surface area (Å²) in [4.78, 5) is 15.4. The van der Waals surface area contributed by atoms with Gasteiger partial charge in [-0.25, -0.2) is 4.39 Å². The van der Waals surface area contributed by atoms with E-state index in [1.807, 2.05) is 0 Å². The molecule has 0 bridgehead atoms. The predicted molar refractivity (Wildman–Crippen MR) is 47.5 cm³/mol. The highest BCUT2D eigenvalue weighted by Crippen LogP contribution is 2.18. The molecule has 1 atom stereocenters. The molecule has 1 aromatic rings. The van der Waals surface area contributed by atoms with Crippen LogP contribution in [0.25, 0.3) is 0 Å². The van der Waals surface area contributed by atoms with Crippen molar-refractivity contribution in [1.82, 2.24) is 4.98 Å². The molecule has 0 aliphatic carbocycles. The van der Waals surface area contributed by atoms with E-state index in [1.54, 1.807) is 0 Å². The van der Waals surface area contributed by atoms with Crippen molar-refractivity contribution in [3.8, 4) is 0 Å². The number of carbonyl (C=O) groups excluding carboxylic acids is 1. The van der Waals surface area contributed by atoms with E-state index in [1.165, 1.54) is 12.3 Å². The van der Waals surface area contributed by atoms with E-state index in [-0.39, 0.29) is 11.7 Å². The fraction of sp³-hybridized carbons (Fsp3) is 0.400. The zero-order chi connectivity index (χ0) is 9.97. The summed E-state index contributed by atoms with van der Waals surface area (Å²) in [6.45, 7) is 1.05. The standard InChI is InChI=1S/C10H10FNO2/c11-9-3-8(4-12-5-9)10(13)7-1-2-14-6-7/h3-5,7H,1-2,6H2. The summed E-state index contributed by atoms with van der Waals surface area (Å²) in [6.07, 6.45) is 3.20. The van der Waals surface area contributed by atoms with Crippen LogP contribution in [0.5, 0.6) is 0 Å². The first-order chi connectivity index (χ1) is 6.77. The van der Waals surface area contributed by atoms with Gasteiger partial charge in [0, 0.05) is 24.3 Å². The Morgan fingerprint density at radius 3 is 3.07 bits per heavy atom. The van der Waals surface area contributed by atoms with E-state index in [0.717, 1.165) is 12.6 Å². The molecule has 0 aromatic carbocycles. The lowest BCUT2D eigenvalue weighted by Crippen LogP contribution is -2.14. The SMILES string of the molecule is O=C(c1cncc(F)c1)C1CCOC1. The Bertz CT molecular complexity index is 348. The molecule has 0 amide bonds. The molecule has 2 rings (SSSR count). The average Bonchev–Trinajstić information content (AvgIpc) is 2.69. The van der Waals surface area contributed by atoms with E-state index in [4.69, 9.17) is 4.74 Å². The normalized spacial score (nSPS) is 21.1. The van der Waals surface area contributed by atoms with Gasteiger partial charge in [-0.1, -0.05) is 0 Å². The topological polar surface area (TPSA) is 39.2 Å². The number of aromatic nitrogens is 1. The number of nitrogens with zero attached hydrogens (tertiary/aromatic N) is 1. The van der Waals surface area contributed by atoms with Crippen molar-refractivity contribution in [1.29, 1.82) is 0 Å². The Hall–Kier alpha value is -1.29. The van der Waals surface area contributed by atoms with Crippen molar-refractivity contribution in [3.63, 3.8) is 0 Å². The van der Waals surface area contributed by atoms with Gasteiger partial charge < -0.3 is 4.74 Å². The molecule has 14 heavy (non-hydrogen) atoms. The number of rotatable bonds is 2. The van der Waals surface area contributed by atoms with E-state index in [9.17, 15) is 9.18 Å². The van der Waals surface area contributed by atoms with Crippen LogP contribution < -0.4 is 0 Å². The van der Waals surface area contributed by atoms with Gasteiger partial charge >= 0.3 is 0 Å². The number of ether oxygens (including phenoxy) is 1. The second-order valence-corrected chi connectivity index (χ2v) is 3.32. The highest BCUT2D eigenvalue weighted by atomic mass is 19.1. The van der Waals surface area contributed by atoms with Crippen molar-refractivity contribution in [3.05, 3.63) is 29.8 Å². The Balaban J connectivity index is 2.17. The van der Waals surface area contributed by atoms with Gasteiger partial charge in [-0.3, -0.25) is 9.78 Å². The summed E-state index contributed by atoms with van der Waals surface area (Å²) in [5.41, 5.74) is 0.334. The van der Waals surface area contributed by atoms with Crippen molar-refractivity contribution >= 4 is 5.78 Å². The summed E-state index contributed by atoms with van der Waals surface area (Å²) in [7, 11) is 0. The lowest BCUT2D eigenvalue weighted by atomic mass is 9.98. The molecule has 0 N–H and O–H groups in total. The van der Waals surface area contributed by atoms with E-state index < -0.39 is 5.82 Å². The summed E-state index contributed by atoms with van der Waals surface area (Å²) in [5, 5.41) is 0. The van der Waals surface area contributed by atoms with Gasteiger partial charge in [-0.15, -0.1) is 0 Å². The van der Waals surface area contributed by atoms with Crippen LogP contribution >= 0.6 is 0 Å². The number of hydrogen-bond acceptors (Lipinski definition) is 3. The molecule has 1 fully saturated rings. The maximum absolute atomic E-state index is 12.8. The van der Waals surface area contributed by atoms with Gasteiger partial charge in [0.1, 0.15) is 5.82 Å². The molecule has 2 heterocycles. The highest BCUT2D eigenvalue weighted by Gasteiger charge is 2.24. The molecule has 1 aliphatic heterocycles. The lowest BCUT2D eigenvalue weighted by Gasteiger charge is -2.05. The molecule has 0 spiro atoms. The van der Waals surface area contributed by atoms with Gasteiger partial charge in [0.15, 0.2) is 5.78 Å². The summed E-state index contributed by atoms with van der Waals surface area (Å²) < 4.78 is 17.9. The minimum atomic E-state index is -0.477. The Morgan fingerprint density at radius 1 is 1.57 bits per heavy atom. The monoisotopic (exact) mass is 195 g/mol. The second kappa shape index (κ2) is 3.84. The van der Waals surface area contributed by atoms with Crippen LogP contribution in [0.4, 0.5) is 4.39 Å². The van der Waals surface area contributed by atoms with E-state index in [2.05, 4.69) is 4.98 Å². The molecule has 1 aliphatic rings. The molecule has 0 radical (unpaired) electrons.